The molecule has 21 heavy (non-hydrogen) atoms. The van der Waals surface area contributed by atoms with Crippen molar-refractivity contribution in [2.75, 3.05) is 26.7 Å². The lowest BCUT2D eigenvalue weighted by Crippen LogP contribution is -2.27. The van der Waals surface area contributed by atoms with Gasteiger partial charge >= 0.3 is 6.18 Å². The second kappa shape index (κ2) is 8.33. The summed E-state index contributed by atoms with van der Waals surface area (Å²) < 4.78 is 38.0. The Balaban J connectivity index is 2.25. The van der Waals surface area contributed by atoms with Crippen LogP contribution in [0.2, 0.25) is 0 Å². The van der Waals surface area contributed by atoms with Gasteiger partial charge in [-0.25, -0.2) is 0 Å². The van der Waals surface area contributed by atoms with Crippen LogP contribution in [0.3, 0.4) is 0 Å². The fraction of sp³-hybridized carbons (Fsp3) is 0.846. The van der Waals surface area contributed by atoms with Gasteiger partial charge in [0.05, 0.1) is 18.7 Å². The molecule has 1 aromatic heterocycles. The fourth-order valence-corrected chi connectivity index (χ4v) is 1.72. The van der Waals surface area contributed by atoms with Crippen molar-refractivity contribution in [3.05, 3.63) is 11.9 Å². The van der Waals surface area contributed by atoms with Crippen LogP contribution in [0.15, 0.2) is 6.20 Å². The molecule has 0 saturated heterocycles. The monoisotopic (exact) mass is 307 g/mol. The van der Waals surface area contributed by atoms with E-state index in [2.05, 4.69) is 29.5 Å². The molecule has 0 bridgehead atoms. The Labute approximate surface area is 123 Å². The Morgan fingerprint density at radius 2 is 2.05 bits per heavy atom. The predicted molar refractivity (Wildman–Crippen MR) is 74.7 cm³/mol. The van der Waals surface area contributed by atoms with Crippen LogP contribution in [0, 0.1) is 5.92 Å². The van der Waals surface area contributed by atoms with Crippen LogP contribution in [0.1, 0.15) is 26.0 Å². The highest BCUT2D eigenvalue weighted by molar-refractivity contribution is 4.91. The lowest BCUT2D eigenvalue weighted by Gasteiger charge is -2.17. The minimum atomic E-state index is -4.10. The van der Waals surface area contributed by atoms with Crippen molar-refractivity contribution in [3.8, 4) is 0 Å². The normalized spacial score (nSPS) is 12.6. The maximum Gasteiger partial charge on any atom is 0.390 e. The second-order valence-electron chi connectivity index (χ2n) is 5.67. The van der Waals surface area contributed by atoms with Crippen molar-refractivity contribution >= 4 is 0 Å². The van der Waals surface area contributed by atoms with E-state index in [-0.39, 0.29) is 6.54 Å². The van der Waals surface area contributed by atoms with Gasteiger partial charge in [0.1, 0.15) is 0 Å². The minimum Gasteiger partial charge on any atom is -0.311 e. The van der Waals surface area contributed by atoms with E-state index in [4.69, 9.17) is 0 Å². The number of nitrogens with zero attached hydrogens (tertiary/aromatic N) is 4. The van der Waals surface area contributed by atoms with E-state index in [1.165, 1.54) is 0 Å². The Bertz CT molecular complexity index is 403. The van der Waals surface area contributed by atoms with Gasteiger partial charge in [0.2, 0.25) is 0 Å². The van der Waals surface area contributed by atoms with Crippen LogP contribution >= 0.6 is 0 Å². The van der Waals surface area contributed by atoms with E-state index >= 15 is 0 Å². The van der Waals surface area contributed by atoms with E-state index in [1.807, 2.05) is 6.20 Å². The molecule has 1 N–H and O–H groups in total. The number of hydrogen-bond donors (Lipinski definition) is 1. The number of hydrogen-bond acceptors (Lipinski definition) is 4. The van der Waals surface area contributed by atoms with Gasteiger partial charge in [-0.2, -0.15) is 13.2 Å². The highest BCUT2D eigenvalue weighted by Gasteiger charge is 2.26. The molecule has 0 aliphatic heterocycles. The van der Waals surface area contributed by atoms with Crippen LogP contribution in [-0.2, 0) is 13.1 Å². The van der Waals surface area contributed by atoms with Crippen molar-refractivity contribution in [1.82, 2.24) is 25.2 Å². The molecule has 0 radical (unpaired) electrons. The molecular formula is C13H24F3N5. The average molecular weight is 307 g/mol. The molecule has 5 nitrogen and oxygen atoms in total. The second-order valence-corrected chi connectivity index (χ2v) is 5.67. The summed E-state index contributed by atoms with van der Waals surface area (Å²) in [5.74, 6) is 0.572. The number of halogens is 3. The molecule has 1 aromatic rings. The molecule has 1 heterocycles. The van der Waals surface area contributed by atoms with Crippen LogP contribution in [0.5, 0.6) is 0 Å². The molecular weight excluding hydrogens is 283 g/mol. The minimum absolute atomic E-state index is 0.000990. The largest absolute Gasteiger partial charge is 0.390 e. The Hall–Kier alpha value is -1.15. The fourth-order valence-electron chi connectivity index (χ4n) is 1.72. The maximum absolute atomic E-state index is 12.1. The van der Waals surface area contributed by atoms with Gasteiger partial charge in [-0.05, 0) is 19.5 Å². The first-order valence-corrected chi connectivity index (χ1v) is 7.11. The van der Waals surface area contributed by atoms with Crippen LogP contribution < -0.4 is 5.32 Å². The third-order valence-electron chi connectivity index (χ3n) is 2.93. The number of alkyl halides is 3. The molecule has 0 spiro atoms. The molecule has 0 saturated carbocycles. The third kappa shape index (κ3) is 8.67. The number of likely N-dealkylation sites (N-methyl/N-ethyl adjacent to an activating group) is 1. The summed E-state index contributed by atoms with van der Waals surface area (Å²) in [7, 11) is 1.67. The number of nitrogens with one attached hydrogen (secondary N) is 1. The summed E-state index contributed by atoms with van der Waals surface area (Å²) in [6.07, 6.45) is -3.06. The summed E-state index contributed by atoms with van der Waals surface area (Å²) in [6.45, 7) is 6.86. The summed E-state index contributed by atoms with van der Waals surface area (Å²) in [5, 5.41) is 11.3. The predicted octanol–water partition coefficient (Wildman–Crippen LogP) is 1.91. The highest BCUT2D eigenvalue weighted by atomic mass is 19.4. The summed E-state index contributed by atoms with van der Waals surface area (Å²) >= 11 is 0. The zero-order chi connectivity index (χ0) is 15.9. The van der Waals surface area contributed by atoms with Crippen molar-refractivity contribution in [2.45, 2.75) is 39.5 Å². The van der Waals surface area contributed by atoms with Crippen molar-refractivity contribution in [3.63, 3.8) is 0 Å². The molecule has 122 valence electrons. The highest BCUT2D eigenvalue weighted by Crippen LogP contribution is 2.19. The number of rotatable bonds is 9. The van der Waals surface area contributed by atoms with Gasteiger partial charge < -0.3 is 10.2 Å². The summed E-state index contributed by atoms with van der Waals surface area (Å²) in [4.78, 5) is 1.64. The van der Waals surface area contributed by atoms with Crippen LogP contribution in [0.25, 0.3) is 0 Å². The SMILES string of the molecule is CC(C)CNCc1cn(CCN(C)CCC(F)(F)F)nn1. The van der Waals surface area contributed by atoms with Crippen molar-refractivity contribution in [1.29, 1.82) is 0 Å². The smallest absolute Gasteiger partial charge is 0.311 e. The van der Waals surface area contributed by atoms with Crippen molar-refractivity contribution < 1.29 is 13.2 Å². The Morgan fingerprint density at radius 1 is 1.33 bits per heavy atom. The van der Waals surface area contributed by atoms with Crippen LogP contribution in [0.4, 0.5) is 13.2 Å². The molecule has 0 fully saturated rings. The molecule has 0 aliphatic carbocycles. The van der Waals surface area contributed by atoms with Crippen LogP contribution in [-0.4, -0.2) is 52.8 Å². The first kappa shape index (κ1) is 17.9. The van der Waals surface area contributed by atoms with E-state index in [9.17, 15) is 13.2 Å². The first-order valence-electron chi connectivity index (χ1n) is 7.11. The Morgan fingerprint density at radius 3 is 2.67 bits per heavy atom. The summed E-state index contributed by atoms with van der Waals surface area (Å²) in [6, 6.07) is 0. The lowest BCUT2D eigenvalue weighted by atomic mass is 10.2. The van der Waals surface area contributed by atoms with E-state index in [1.54, 1.807) is 16.6 Å². The van der Waals surface area contributed by atoms with Gasteiger partial charge in [-0.1, -0.05) is 19.1 Å². The van der Waals surface area contributed by atoms with E-state index in [0.717, 1.165) is 12.2 Å². The van der Waals surface area contributed by atoms with E-state index in [0.29, 0.717) is 25.6 Å². The quantitative estimate of drug-likeness (QED) is 0.757. The van der Waals surface area contributed by atoms with Gasteiger partial charge in [0.15, 0.2) is 0 Å². The zero-order valence-electron chi connectivity index (χ0n) is 12.8. The van der Waals surface area contributed by atoms with Gasteiger partial charge in [-0.15, -0.1) is 5.10 Å². The molecule has 0 atom stereocenters. The first-order chi connectivity index (χ1) is 9.76. The standard InChI is InChI=1S/C13H24F3N5/c1-11(2)8-17-9-12-10-21(19-18-12)7-6-20(3)5-4-13(14,15)16/h10-11,17H,4-9H2,1-3H3. The maximum atomic E-state index is 12.1. The molecule has 0 unspecified atom stereocenters. The summed E-state index contributed by atoms with van der Waals surface area (Å²) in [5.41, 5.74) is 0.841. The topological polar surface area (TPSA) is 46.0 Å². The Kier molecular flexibility index (Phi) is 7.10. The molecule has 0 aromatic carbocycles. The molecule has 0 aliphatic rings. The van der Waals surface area contributed by atoms with E-state index < -0.39 is 12.6 Å². The lowest BCUT2D eigenvalue weighted by molar-refractivity contribution is -0.137. The molecule has 0 amide bonds. The molecule has 1 rings (SSSR count). The van der Waals surface area contributed by atoms with Gasteiger partial charge in [-0.3, -0.25) is 4.68 Å². The van der Waals surface area contributed by atoms with Gasteiger partial charge in [0.25, 0.3) is 0 Å². The van der Waals surface area contributed by atoms with Gasteiger partial charge in [0, 0.05) is 25.8 Å². The third-order valence-corrected chi connectivity index (χ3v) is 2.93. The number of aromatic nitrogens is 3. The zero-order valence-corrected chi connectivity index (χ0v) is 12.8. The van der Waals surface area contributed by atoms with Crippen molar-refractivity contribution in [2.24, 2.45) is 5.92 Å². The average Bonchev–Trinajstić information content (AvgIpc) is 2.80. The molecule has 8 heteroatoms.